The Labute approximate surface area is 115 Å². The van der Waals surface area contributed by atoms with E-state index in [1.165, 1.54) is 17.4 Å². The Hall–Kier alpha value is -0.930. The van der Waals surface area contributed by atoms with Gasteiger partial charge in [0.15, 0.2) is 0 Å². The first kappa shape index (κ1) is 12.1. The maximum atomic E-state index is 5.68. The molecule has 18 heavy (non-hydrogen) atoms. The Kier molecular flexibility index (Phi) is 3.12. The summed E-state index contributed by atoms with van der Waals surface area (Å²) in [7, 11) is 1.79. The van der Waals surface area contributed by atoms with Gasteiger partial charge in [-0.25, -0.2) is 4.98 Å². The fraction of sp³-hybridized carbons (Fsp3) is 0.400. The van der Waals surface area contributed by atoms with Gasteiger partial charge in [0.05, 0.1) is 11.2 Å². The van der Waals surface area contributed by atoms with Crippen molar-refractivity contribution in [2.24, 2.45) is 0 Å². The highest BCUT2D eigenvalue weighted by Gasteiger charge is 2.40. The van der Waals surface area contributed by atoms with Crippen LogP contribution in [0.1, 0.15) is 30.5 Å². The van der Waals surface area contributed by atoms with Gasteiger partial charge in [-0.1, -0.05) is 28.1 Å². The van der Waals surface area contributed by atoms with E-state index in [1.807, 2.05) is 0 Å². The largest absolute Gasteiger partial charge is 0.372 e. The number of halogens is 1. The minimum absolute atomic E-state index is 0.123. The van der Waals surface area contributed by atoms with E-state index < -0.39 is 0 Å². The maximum absolute atomic E-state index is 5.68. The van der Waals surface area contributed by atoms with Crippen molar-refractivity contribution in [1.29, 1.82) is 0 Å². The van der Waals surface area contributed by atoms with E-state index in [2.05, 4.69) is 46.3 Å². The molecule has 1 fully saturated rings. The number of alkyl halides is 1. The molecule has 1 heterocycles. The summed E-state index contributed by atoms with van der Waals surface area (Å²) in [6.07, 6.45) is 3.40. The van der Waals surface area contributed by atoms with Crippen molar-refractivity contribution in [2.75, 3.05) is 7.11 Å². The van der Waals surface area contributed by atoms with Crippen LogP contribution in [0.15, 0.2) is 30.3 Å². The number of fused-ring (bicyclic) bond motifs is 1. The second-order valence-corrected chi connectivity index (χ2v) is 5.47. The number of benzene rings is 1. The fourth-order valence-electron chi connectivity index (χ4n) is 2.57. The molecule has 0 radical (unpaired) electrons. The van der Waals surface area contributed by atoms with Crippen LogP contribution < -0.4 is 0 Å². The Bertz CT molecular complexity index is 572. The van der Waals surface area contributed by atoms with Gasteiger partial charge in [-0.15, -0.1) is 0 Å². The molecule has 2 nitrogen and oxygen atoms in total. The Morgan fingerprint density at radius 1 is 1.28 bits per heavy atom. The van der Waals surface area contributed by atoms with Gasteiger partial charge in [0, 0.05) is 17.8 Å². The summed E-state index contributed by atoms with van der Waals surface area (Å²) in [6.45, 7) is 0. The van der Waals surface area contributed by atoms with Crippen molar-refractivity contribution in [2.45, 2.75) is 30.2 Å². The number of aromatic nitrogens is 1. The zero-order chi connectivity index (χ0) is 12.6. The minimum Gasteiger partial charge on any atom is -0.372 e. The average molecular weight is 306 g/mol. The van der Waals surface area contributed by atoms with Crippen LogP contribution in [0.25, 0.3) is 10.9 Å². The standard InChI is InChI=1S/C15H16BrNO/c1-18-15(7-2-8-15)14-6-4-12-9-11(10-16)3-5-13(12)17-14/h3-6,9H,2,7-8,10H2,1H3. The van der Waals surface area contributed by atoms with E-state index in [9.17, 15) is 0 Å². The number of hydrogen-bond acceptors (Lipinski definition) is 2. The van der Waals surface area contributed by atoms with Crippen molar-refractivity contribution < 1.29 is 4.74 Å². The second kappa shape index (κ2) is 4.63. The first-order valence-corrected chi connectivity index (χ1v) is 7.41. The molecule has 2 aromatic rings. The normalized spacial score (nSPS) is 17.7. The summed E-state index contributed by atoms with van der Waals surface area (Å²) in [5, 5.41) is 2.08. The van der Waals surface area contributed by atoms with Crippen molar-refractivity contribution in [3.63, 3.8) is 0 Å². The minimum atomic E-state index is -0.123. The number of hydrogen-bond donors (Lipinski definition) is 0. The van der Waals surface area contributed by atoms with E-state index >= 15 is 0 Å². The number of nitrogens with zero attached hydrogens (tertiary/aromatic N) is 1. The predicted octanol–water partition coefficient (Wildman–Crippen LogP) is 4.16. The number of ether oxygens (including phenoxy) is 1. The lowest BCUT2D eigenvalue weighted by atomic mass is 9.77. The Morgan fingerprint density at radius 2 is 2.11 bits per heavy atom. The average Bonchev–Trinajstić information content (AvgIpc) is 2.37. The van der Waals surface area contributed by atoms with E-state index in [-0.39, 0.29) is 5.60 Å². The van der Waals surface area contributed by atoms with Crippen LogP contribution >= 0.6 is 15.9 Å². The molecule has 1 aromatic heterocycles. The maximum Gasteiger partial charge on any atom is 0.110 e. The van der Waals surface area contributed by atoms with Gasteiger partial charge in [-0.2, -0.15) is 0 Å². The molecule has 0 unspecified atom stereocenters. The van der Waals surface area contributed by atoms with Crippen LogP contribution in [0.4, 0.5) is 0 Å². The van der Waals surface area contributed by atoms with Crippen molar-refractivity contribution in [1.82, 2.24) is 4.98 Å². The third kappa shape index (κ3) is 1.86. The van der Waals surface area contributed by atoms with Crippen molar-refractivity contribution in [3.05, 3.63) is 41.6 Å². The molecule has 3 rings (SSSR count). The third-order valence-corrected chi connectivity index (χ3v) is 4.57. The van der Waals surface area contributed by atoms with Gasteiger partial charge in [0.25, 0.3) is 0 Å². The molecule has 1 saturated carbocycles. The Morgan fingerprint density at radius 3 is 2.72 bits per heavy atom. The molecule has 1 aliphatic carbocycles. The zero-order valence-corrected chi connectivity index (χ0v) is 12.0. The smallest absolute Gasteiger partial charge is 0.110 e. The summed E-state index contributed by atoms with van der Waals surface area (Å²) in [6, 6.07) is 10.7. The lowest BCUT2D eigenvalue weighted by Crippen LogP contribution is -2.36. The molecular formula is C15H16BrNO. The third-order valence-electron chi connectivity index (χ3n) is 3.93. The van der Waals surface area contributed by atoms with Gasteiger partial charge in [-0.05, 0) is 43.0 Å². The molecule has 0 bridgehead atoms. The molecule has 3 heteroatoms. The number of pyridine rings is 1. The highest BCUT2D eigenvalue weighted by atomic mass is 79.9. The van der Waals surface area contributed by atoms with E-state index in [0.29, 0.717) is 0 Å². The number of methoxy groups -OCH3 is 1. The highest BCUT2D eigenvalue weighted by molar-refractivity contribution is 9.08. The molecule has 0 N–H and O–H groups in total. The summed E-state index contributed by atoms with van der Waals surface area (Å²) in [5.74, 6) is 0. The van der Waals surface area contributed by atoms with Crippen LogP contribution in [0, 0.1) is 0 Å². The summed E-state index contributed by atoms with van der Waals surface area (Å²) in [5.41, 5.74) is 3.29. The molecule has 1 aliphatic rings. The topological polar surface area (TPSA) is 22.1 Å². The summed E-state index contributed by atoms with van der Waals surface area (Å²) in [4.78, 5) is 4.78. The van der Waals surface area contributed by atoms with Crippen LogP contribution in [-0.4, -0.2) is 12.1 Å². The quantitative estimate of drug-likeness (QED) is 0.795. The summed E-state index contributed by atoms with van der Waals surface area (Å²) >= 11 is 3.48. The monoisotopic (exact) mass is 305 g/mol. The summed E-state index contributed by atoms with van der Waals surface area (Å²) < 4.78 is 5.68. The molecular weight excluding hydrogens is 290 g/mol. The van der Waals surface area contributed by atoms with Crippen LogP contribution in [0.3, 0.4) is 0 Å². The molecule has 94 valence electrons. The first-order chi connectivity index (χ1) is 8.77. The van der Waals surface area contributed by atoms with Gasteiger partial charge in [0.1, 0.15) is 5.60 Å². The van der Waals surface area contributed by atoms with Crippen LogP contribution in [0.2, 0.25) is 0 Å². The molecule has 0 atom stereocenters. The molecule has 0 amide bonds. The van der Waals surface area contributed by atoms with Gasteiger partial charge >= 0.3 is 0 Å². The van der Waals surface area contributed by atoms with Crippen molar-refractivity contribution in [3.8, 4) is 0 Å². The van der Waals surface area contributed by atoms with Crippen molar-refractivity contribution >= 4 is 26.8 Å². The van der Waals surface area contributed by atoms with E-state index in [1.54, 1.807) is 7.11 Å². The fourth-order valence-corrected chi connectivity index (χ4v) is 2.92. The van der Waals surface area contributed by atoms with E-state index in [0.717, 1.165) is 29.4 Å². The predicted molar refractivity (Wildman–Crippen MR) is 76.9 cm³/mol. The van der Waals surface area contributed by atoms with Gasteiger partial charge < -0.3 is 4.74 Å². The lowest BCUT2D eigenvalue weighted by molar-refractivity contribution is -0.0809. The second-order valence-electron chi connectivity index (χ2n) is 4.91. The first-order valence-electron chi connectivity index (χ1n) is 6.29. The highest BCUT2D eigenvalue weighted by Crippen LogP contribution is 2.43. The molecule has 0 saturated heterocycles. The SMILES string of the molecule is COC1(c2ccc3cc(CBr)ccc3n2)CCC1. The molecule has 0 spiro atoms. The van der Waals surface area contributed by atoms with E-state index in [4.69, 9.17) is 9.72 Å². The van der Waals surface area contributed by atoms with Crippen LogP contribution in [0.5, 0.6) is 0 Å². The number of rotatable bonds is 3. The van der Waals surface area contributed by atoms with Gasteiger partial charge in [-0.3, -0.25) is 0 Å². The van der Waals surface area contributed by atoms with Crippen LogP contribution in [-0.2, 0) is 15.7 Å². The lowest BCUT2D eigenvalue weighted by Gasteiger charge is -2.39. The Balaban J connectivity index is 2.06. The van der Waals surface area contributed by atoms with Gasteiger partial charge in [0.2, 0.25) is 0 Å². The molecule has 1 aromatic carbocycles. The zero-order valence-electron chi connectivity index (χ0n) is 10.4. The molecule has 0 aliphatic heterocycles.